The van der Waals surface area contributed by atoms with Gasteiger partial charge in [-0.1, -0.05) is 23.7 Å². The summed E-state index contributed by atoms with van der Waals surface area (Å²) in [5.74, 6) is 1.41. The van der Waals surface area contributed by atoms with Crippen molar-refractivity contribution in [2.24, 2.45) is 0 Å². The highest BCUT2D eigenvalue weighted by Gasteiger charge is 2.15. The van der Waals surface area contributed by atoms with Crippen LogP contribution in [0.1, 0.15) is 17.7 Å². The fourth-order valence-electron chi connectivity index (χ4n) is 3.48. The first kappa shape index (κ1) is 22.0. The van der Waals surface area contributed by atoms with Crippen LogP contribution < -0.4 is 15.5 Å². The number of carbonyl (C=O) groups excluding carboxylic acids is 1. The lowest BCUT2D eigenvalue weighted by molar-refractivity contribution is -0.116. The Morgan fingerprint density at radius 1 is 1.06 bits per heavy atom. The topological polar surface area (TPSA) is 79.4 Å². The van der Waals surface area contributed by atoms with E-state index in [0.717, 1.165) is 41.5 Å². The number of ether oxygens (including phenoxy) is 1. The number of aryl methyl sites for hydroxylation is 2. The van der Waals surface area contributed by atoms with Crippen LogP contribution in [0.5, 0.6) is 0 Å². The van der Waals surface area contributed by atoms with Gasteiger partial charge in [0.05, 0.1) is 13.2 Å². The van der Waals surface area contributed by atoms with Crippen LogP contribution in [0.25, 0.3) is 0 Å². The maximum absolute atomic E-state index is 12.3. The zero-order valence-corrected chi connectivity index (χ0v) is 18.7. The number of halogens is 1. The second kappa shape index (κ2) is 10.4. The van der Waals surface area contributed by atoms with Crippen LogP contribution in [0.3, 0.4) is 0 Å². The van der Waals surface area contributed by atoms with Gasteiger partial charge in [0.25, 0.3) is 0 Å². The van der Waals surface area contributed by atoms with Gasteiger partial charge < -0.3 is 20.3 Å². The minimum Gasteiger partial charge on any atom is -0.378 e. The van der Waals surface area contributed by atoms with Gasteiger partial charge in [0, 0.05) is 47.7 Å². The Morgan fingerprint density at radius 2 is 1.81 bits per heavy atom. The van der Waals surface area contributed by atoms with E-state index in [9.17, 15) is 4.79 Å². The molecule has 166 valence electrons. The van der Waals surface area contributed by atoms with E-state index in [-0.39, 0.29) is 5.91 Å². The van der Waals surface area contributed by atoms with Gasteiger partial charge >= 0.3 is 0 Å². The van der Waals surface area contributed by atoms with Gasteiger partial charge in [0.15, 0.2) is 0 Å². The van der Waals surface area contributed by atoms with Gasteiger partial charge in [-0.25, -0.2) is 4.98 Å². The summed E-state index contributed by atoms with van der Waals surface area (Å²) in [7, 11) is 0. The van der Waals surface area contributed by atoms with Crippen molar-refractivity contribution in [3.05, 3.63) is 70.9 Å². The quantitative estimate of drug-likeness (QED) is 0.547. The average Bonchev–Trinajstić information content (AvgIpc) is 2.79. The number of amides is 1. The molecular formula is C24H26ClN5O2. The number of anilines is 4. The number of rotatable bonds is 7. The zero-order chi connectivity index (χ0) is 22.3. The lowest BCUT2D eigenvalue weighted by Crippen LogP contribution is -2.37. The van der Waals surface area contributed by atoms with E-state index in [1.54, 1.807) is 0 Å². The Labute approximate surface area is 192 Å². The molecule has 1 aromatic heterocycles. The van der Waals surface area contributed by atoms with E-state index in [1.165, 1.54) is 0 Å². The summed E-state index contributed by atoms with van der Waals surface area (Å²) >= 11 is 6.00. The number of hydrogen-bond donors (Lipinski definition) is 2. The summed E-state index contributed by atoms with van der Waals surface area (Å²) in [5, 5.41) is 6.94. The van der Waals surface area contributed by atoms with Crippen LogP contribution in [0.15, 0.2) is 54.6 Å². The summed E-state index contributed by atoms with van der Waals surface area (Å²) < 4.78 is 5.41. The molecule has 2 N–H and O–H groups in total. The van der Waals surface area contributed by atoms with Crippen molar-refractivity contribution >= 4 is 40.6 Å². The fraction of sp³-hybridized carbons (Fsp3) is 0.292. The molecule has 0 unspecified atom stereocenters. The van der Waals surface area contributed by atoms with E-state index in [4.69, 9.17) is 16.3 Å². The van der Waals surface area contributed by atoms with Gasteiger partial charge in [-0.2, -0.15) is 4.98 Å². The third-order valence-electron chi connectivity index (χ3n) is 5.11. The first-order chi connectivity index (χ1) is 15.5. The van der Waals surface area contributed by atoms with Gasteiger partial charge in [-0.05, 0) is 55.3 Å². The minimum atomic E-state index is -0.0349. The van der Waals surface area contributed by atoms with Crippen LogP contribution in [0, 0.1) is 6.92 Å². The summed E-state index contributed by atoms with van der Waals surface area (Å²) in [6, 6.07) is 17.1. The van der Waals surface area contributed by atoms with Crippen molar-refractivity contribution < 1.29 is 9.53 Å². The number of morpholine rings is 1. The third-order valence-corrected chi connectivity index (χ3v) is 5.34. The number of nitrogens with zero attached hydrogens (tertiary/aromatic N) is 3. The largest absolute Gasteiger partial charge is 0.378 e. The van der Waals surface area contributed by atoms with Crippen LogP contribution in [-0.2, 0) is 16.0 Å². The Balaban J connectivity index is 1.33. The van der Waals surface area contributed by atoms with E-state index in [2.05, 4.69) is 25.5 Å². The SMILES string of the molecule is Cc1cc(Nc2ccc(NC(=O)CCc3cccc(Cl)c3)cc2)nc(N2CCOCC2)n1. The Hall–Kier alpha value is -3.16. The molecule has 1 aliphatic heterocycles. The summed E-state index contributed by atoms with van der Waals surface area (Å²) in [5.41, 5.74) is 3.57. The molecule has 0 atom stereocenters. The first-order valence-corrected chi connectivity index (χ1v) is 11.0. The van der Waals surface area contributed by atoms with Crippen molar-refractivity contribution in [3.63, 3.8) is 0 Å². The molecule has 0 bridgehead atoms. The number of benzene rings is 2. The third kappa shape index (κ3) is 6.18. The van der Waals surface area contributed by atoms with E-state index < -0.39 is 0 Å². The first-order valence-electron chi connectivity index (χ1n) is 10.6. The number of carbonyl (C=O) groups is 1. The van der Waals surface area contributed by atoms with E-state index >= 15 is 0 Å². The summed E-state index contributed by atoms with van der Waals surface area (Å²) in [6.45, 7) is 4.90. The van der Waals surface area contributed by atoms with E-state index in [1.807, 2.05) is 61.5 Å². The molecule has 2 heterocycles. The summed E-state index contributed by atoms with van der Waals surface area (Å²) in [4.78, 5) is 23.6. The Kier molecular flexibility index (Phi) is 7.19. The minimum absolute atomic E-state index is 0.0349. The molecule has 1 aliphatic rings. The standard InChI is InChI=1S/C24H26ClN5O2/c1-17-15-22(29-24(26-17)30-11-13-32-14-12-30)27-20-6-8-21(9-7-20)28-23(31)10-5-18-3-2-4-19(25)16-18/h2-4,6-9,15-16H,5,10-14H2,1H3,(H,28,31)(H,26,27,29). The van der Waals surface area contributed by atoms with Crippen molar-refractivity contribution in [2.45, 2.75) is 19.8 Å². The molecule has 1 fully saturated rings. The number of hydrogen-bond acceptors (Lipinski definition) is 6. The lowest BCUT2D eigenvalue weighted by atomic mass is 10.1. The molecule has 32 heavy (non-hydrogen) atoms. The number of aromatic nitrogens is 2. The van der Waals surface area contributed by atoms with E-state index in [0.29, 0.717) is 37.0 Å². The van der Waals surface area contributed by atoms with Crippen molar-refractivity contribution in [2.75, 3.05) is 41.8 Å². The average molecular weight is 452 g/mol. The van der Waals surface area contributed by atoms with Crippen LogP contribution in [-0.4, -0.2) is 42.2 Å². The zero-order valence-electron chi connectivity index (χ0n) is 18.0. The fourth-order valence-corrected chi connectivity index (χ4v) is 3.69. The molecule has 0 radical (unpaired) electrons. The molecule has 0 aliphatic carbocycles. The Bertz CT molecular complexity index is 1070. The van der Waals surface area contributed by atoms with Gasteiger partial charge in [-0.3, -0.25) is 4.79 Å². The lowest BCUT2D eigenvalue weighted by Gasteiger charge is -2.27. The van der Waals surface area contributed by atoms with Gasteiger partial charge in [0.2, 0.25) is 11.9 Å². The molecule has 0 spiro atoms. The van der Waals surface area contributed by atoms with Gasteiger partial charge in [0.1, 0.15) is 5.82 Å². The summed E-state index contributed by atoms with van der Waals surface area (Å²) in [6.07, 6.45) is 1.04. The highest BCUT2D eigenvalue weighted by Crippen LogP contribution is 2.21. The molecule has 0 saturated carbocycles. The predicted molar refractivity (Wildman–Crippen MR) is 128 cm³/mol. The normalized spacial score (nSPS) is 13.6. The second-order valence-corrected chi connectivity index (χ2v) is 8.11. The highest BCUT2D eigenvalue weighted by atomic mass is 35.5. The predicted octanol–water partition coefficient (Wildman–Crippen LogP) is 4.59. The highest BCUT2D eigenvalue weighted by molar-refractivity contribution is 6.30. The van der Waals surface area contributed by atoms with Crippen LogP contribution >= 0.6 is 11.6 Å². The molecule has 1 saturated heterocycles. The molecule has 8 heteroatoms. The molecular weight excluding hydrogens is 426 g/mol. The molecule has 3 aromatic rings. The molecule has 2 aromatic carbocycles. The molecule has 4 rings (SSSR count). The smallest absolute Gasteiger partial charge is 0.227 e. The van der Waals surface area contributed by atoms with Crippen molar-refractivity contribution in [1.29, 1.82) is 0 Å². The second-order valence-electron chi connectivity index (χ2n) is 7.67. The molecule has 1 amide bonds. The number of nitrogens with one attached hydrogen (secondary N) is 2. The maximum atomic E-state index is 12.3. The van der Waals surface area contributed by atoms with Gasteiger partial charge in [-0.15, -0.1) is 0 Å². The van der Waals surface area contributed by atoms with Crippen LogP contribution in [0.2, 0.25) is 5.02 Å². The van der Waals surface area contributed by atoms with Crippen molar-refractivity contribution in [3.8, 4) is 0 Å². The Morgan fingerprint density at radius 3 is 2.56 bits per heavy atom. The van der Waals surface area contributed by atoms with Crippen LogP contribution in [0.4, 0.5) is 23.1 Å². The maximum Gasteiger partial charge on any atom is 0.227 e. The molecule has 7 nitrogen and oxygen atoms in total. The monoisotopic (exact) mass is 451 g/mol. The van der Waals surface area contributed by atoms with Crippen molar-refractivity contribution in [1.82, 2.24) is 9.97 Å².